The summed E-state index contributed by atoms with van der Waals surface area (Å²) in [5, 5.41) is 26.1. The Balaban J connectivity index is 2.27. The number of carbonyl (C=O) groups excluding carboxylic acids is 1. The Bertz CT molecular complexity index is 883. The number of carbonyl (C=O) groups is 1. The quantitative estimate of drug-likeness (QED) is 0.859. The normalized spacial score (nSPS) is 14.2. The second-order valence-corrected chi connectivity index (χ2v) is 6.16. The van der Waals surface area contributed by atoms with Gasteiger partial charge < -0.3 is 10.4 Å². The molecular formula is C15H17N5O3. The molecule has 1 saturated carbocycles. The van der Waals surface area contributed by atoms with Crippen molar-refractivity contribution in [1.82, 2.24) is 19.5 Å². The van der Waals surface area contributed by atoms with Crippen LogP contribution in [0.15, 0.2) is 11.0 Å². The first-order valence-corrected chi connectivity index (χ1v) is 7.48. The molecule has 8 nitrogen and oxygen atoms in total. The van der Waals surface area contributed by atoms with E-state index in [1.807, 2.05) is 19.9 Å². The van der Waals surface area contributed by atoms with Crippen LogP contribution < -0.4 is 10.9 Å². The number of aromatic nitrogens is 3. The predicted molar refractivity (Wildman–Crippen MR) is 81.2 cm³/mol. The minimum atomic E-state index is -0.612. The first-order valence-electron chi connectivity index (χ1n) is 7.48. The number of nitriles is 1. The van der Waals surface area contributed by atoms with Gasteiger partial charge in [0, 0.05) is 12.6 Å². The zero-order chi connectivity index (χ0) is 16.7. The Morgan fingerprint density at radius 1 is 1.57 bits per heavy atom. The van der Waals surface area contributed by atoms with Crippen LogP contribution in [0.4, 0.5) is 0 Å². The molecule has 0 spiro atoms. The zero-order valence-corrected chi connectivity index (χ0v) is 12.9. The Kier molecular flexibility index (Phi) is 3.56. The number of aromatic hydroxyl groups is 1. The number of nitrogens with one attached hydrogen (secondary N) is 1. The largest absolute Gasteiger partial charge is 0.492 e. The lowest BCUT2D eigenvalue weighted by Crippen LogP contribution is -2.36. The number of hydrogen-bond acceptors (Lipinski definition) is 5. The van der Waals surface area contributed by atoms with Crippen LogP contribution in [0.3, 0.4) is 0 Å². The maximum Gasteiger partial charge on any atom is 0.270 e. The van der Waals surface area contributed by atoms with Gasteiger partial charge in [0.05, 0.1) is 6.20 Å². The average molecular weight is 315 g/mol. The summed E-state index contributed by atoms with van der Waals surface area (Å²) < 4.78 is 2.40. The summed E-state index contributed by atoms with van der Waals surface area (Å²) in [6, 6.07) is 2.01. The van der Waals surface area contributed by atoms with Gasteiger partial charge >= 0.3 is 0 Å². The maximum atomic E-state index is 12.7. The van der Waals surface area contributed by atoms with Crippen molar-refractivity contribution in [3.05, 3.63) is 27.7 Å². The molecule has 23 heavy (non-hydrogen) atoms. The molecule has 0 aliphatic heterocycles. The van der Waals surface area contributed by atoms with Gasteiger partial charge in [-0.3, -0.25) is 14.2 Å². The molecule has 2 aromatic heterocycles. The highest BCUT2D eigenvalue weighted by Crippen LogP contribution is 2.22. The third kappa shape index (κ3) is 2.54. The van der Waals surface area contributed by atoms with Crippen molar-refractivity contribution in [2.45, 2.75) is 39.3 Å². The molecule has 120 valence electrons. The van der Waals surface area contributed by atoms with E-state index >= 15 is 0 Å². The fourth-order valence-corrected chi connectivity index (χ4v) is 2.49. The van der Waals surface area contributed by atoms with Crippen LogP contribution in [-0.4, -0.2) is 31.2 Å². The van der Waals surface area contributed by atoms with E-state index in [9.17, 15) is 20.0 Å². The summed E-state index contributed by atoms with van der Waals surface area (Å²) in [4.78, 5) is 25.0. The van der Waals surface area contributed by atoms with Gasteiger partial charge in [-0.15, -0.1) is 0 Å². The molecule has 1 aliphatic carbocycles. The molecular weight excluding hydrogens is 298 g/mol. The molecule has 2 heterocycles. The number of fused-ring (bicyclic) bond motifs is 1. The van der Waals surface area contributed by atoms with Crippen molar-refractivity contribution >= 4 is 11.6 Å². The SMILES string of the molecule is CC(C)Cn1c(=O)c(C(=O)NC2CC2)c(O)n2ncc(C#N)c12. The second kappa shape index (κ2) is 5.43. The van der Waals surface area contributed by atoms with Gasteiger partial charge in [0.25, 0.3) is 11.5 Å². The van der Waals surface area contributed by atoms with Gasteiger partial charge in [-0.2, -0.15) is 14.9 Å². The predicted octanol–water partition coefficient (Wildman–Crippen LogP) is 0.621. The Labute approximate surface area is 132 Å². The van der Waals surface area contributed by atoms with Gasteiger partial charge in [-0.05, 0) is 18.8 Å². The molecule has 0 bridgehead atoms. The van der Waals surface area contributed by atoms with Crippen LogP contribution in [-0.2, 0) is 6.54 Å². The summed E-state index contributed by atoms with van der Waals surface area (Å²) in [7, 11) is 0. The first-order chi connectivity index (χ1) is 10.9. The Morgan fingerprint density at radius 3 is 2.83 bits per heavy atom. The van der Waals surface area contributed by atoms with Gasteiger partial charge in [-0.25, -0.2) is 0 Å². The third-order valence-electron chi connectivity index (χ3n) is 3.69. The van der Waals surface area contributed by atoms with Crippen LogP contribution in [0.25, 0.3) is 5.65 Å². The molecule has 0 aromatic carbocycles. The number of rotatable bonds is 4. The molecule has 1 amide bonds. The molecule has 3 rings (SSSR count). The summed E-state index contributed by atoms with van der Waals surface area (Å²) in [6.07, 6.45) is 3.01. The Hall–Kier alpha value is -2.82. The van der Waals surface area contributed by atoms with Crippen LogP contribution >= 0.6 is 0 Å². The van der Waals surface area contributed by atoms with Gasteiger partial charge in [0.15, 0.2) is 11.2 Å². The van der Waals surface area contributed by atoms with Gasteiger partial charge in [0.1, 0.15) is 11.6 Å². The molecule has 0 atom stereocenters. The minimum absolute atomic E-state index is 0.0582. The zero-order valence-electron chi connectivity index (χ0n) is 12.9. The second-order valence-electron chi connectivity index (χ2n) is 6.16. The average Bonchev–Trinajstić information content (AvgIpc) is 3.18. The van der Waals surface area contributed by atoms with Crippen molar-refractivity contribution in [2.24, 2.45) is 5.92 Å². The van der Waals surface area contributed by atoms with E-state index in [2.05, 4.69) is 10.4 Å². The lowest BCUT2D eigenvalue weighted by molar-refractivity contribution is 0.0944. The van der Waals surface area contributed by atoms with E-state index in [0.717, 1.165) is 17.4 Å². The van der Waals surface area contributed by atoms with Crippen LogP contribution in [0.2, 0.25) is 0 Å². The fourth-order valence-electron chi connectivity index (χ4n) is 2.49. The summed E-state index contributed by atoms with van der Waals surface area (Å²) in [6.45, 7) is 4.15. The van der Waals surface area contributed by atoms with Gasteiger partial charge in [0.2, 0.25) is 5.88 Å². The number of nitrogens with zero attached hydrogens (tertiary/aromatic N) is 4. The molecule has 0 unspecified atom stereocenters. The van der Waals surface area contributed by atoms with E-state index in [4.69, 9.17) is 0 Å². The highest BCUT2D eigenvalue weighted by molar-refractivity contribution is 5.96. The highest BCUT2D eigenvalue weighted by atomic mass is 16.3. The molecule has 0 radical (unpaired) electrons. The van der Waals surface area contributed by atoms with E-state index in [1.165, 1.54) is 10.8 Å². The molecule has 2 N–H and O–H groups in total. The van der Waals surface area contributed by atoms with Crippen molar-refractivity contribution < 1.29 is 9.90 Å². The molecule has 2 aromatic rings. The lowest BCUT2D eigenvalue weighted by atomic mass is 10.2. The topological polar surface area (TPSA) is 112 Å². The van der Waals surface area contributed by atoms with E-state index in [0.29, 0.717) is 6.54 Å². The Morgan fingerprint density at radius 2 is 2.26 bits per heavy atom. The van der Waals surface area contributed by atoms with Crippen molar-refractivity contribution in [3.8, 4) is 11.9 Å². The molecule has 0 saturated heterocycles. The molecule has 8 heteroatoms. The first kappa shape index (κ1) is 15.1. The van der Waals surface area contributed by atoms with Crippen LogP contribution in [0, 0.1) is 17.2 Å². The van der Waals surface area contributed by atoms with E-state index < -0.39 is 17.3 Å². The van der Waals surface area contributed by atoms with E-state index in [-0.39, 0.29) is 28.7 Å². The monoisotopic (exact) mass is 315 g/mol. The fraction of sp³-hybridized carbons (Fsp3) is 0.467. The standard InChI is InChI=1S/C15H17N5O3/c1-8(2)7-19-13-9(5-16)6-17-20(13)15(23)11(14(19)22)12(21)18-10-3-4-10/h6,8,10,23H,3-4,7H2,1-2H3,(H,18,21). The third-order valence-corrected chi connectivity index (χ3v) is 3.69. The van der Waals surface area contributed by atoms with Crippen LogP contribution in [0.5, 0.6) is 5.88 Å². The minimum Gasteiger partial charge on any atom is -0.492 e. The number of hydrogen-bond donors (Lipinski definition) is 2. The summed E-state index contributed by atoms with van der Waals surface area (Å²) in [5.74, 6) is -1.03. The smallest absolute Gasteiger partial charge is 0.270 e. The van der Waals surface area contributed by atoms with Crippen LogP contribution in [0.1, 0.15) is 42.6 Å². The van der Waals surface area contributed by atoms with Crippen molar-refractivity contribution in [1.29, 1.82) is 5.26 Å². The molecule has 1 fully saturated rings. The molecule has 1 aliphatic rings. The highest BCUT2D eigenvalue weighted by Gasteiger charge is 2.29. The maximum absolute atomic E-state index is 12.7. The summed E-state index contributed by atoms with van der Waals surface area (Å²) in [5.41, 5.74) is -0.574. The van der Waals surface area contributed by atoms with Gasteiger partial charge in [-0.1, -0.05) is 13.8 Å². The van der Waals surface area contributed by atoms with E-state index in [1.54, 1.807) is 0 Å². The summed E-state index contributed by atoms with van der Waals surface area (Å²) >= 11 is 0. The lowest BCUT2D eigenvalue weighted by Gasteiger charge is -2.14. The van der Waals surface area contributed by atoms with Crippen molar-refractivity contribution in [2.75, 3.05) is 0 Å². The number of amides is 1. The van der Waals surface area contributed by atoms with Crippen molar-refractivity contribution in [3.63, 3.8) is 0 Å².